The minimum Gasteiger partial charge on any atom is -0.394 e. The minimum atomic E-state index is 0.393. The minimum absolute atomic E-state index is 0.393. The quantitative estimate of drug-likeness (QED) is 0.707. The van der Waals surface area contributed by atoms with E-state index in [0.717, 1.165) is 5.69 Å². The van der Waals surface area contributed by atoms with Crippen molar-refractivity contribution in [3.63, 3.8) is 0 Å². The lowest BCUT2D eigenvalue weighted by molar-refractivity contribution is 0.578. The zero-order chi connectivity index (χ0) is 12.5. The number of nitrogen functional groups attached to an aromatic ring is 2. The van der Waals surface area contributed by atoms with Crippen LogP contribution in [0.4, 0.5) is 17.2 Å². The molecule has 0 aliphatic carbocycles. The molecule has 0 atom stereocenters. The highest BCUT2D eigenvalue weighted by atomic mass is 16.0. The van der Waals surface area contributed by atoms with Crippen molar-refractivity contribution in [1.29, 1.82) is 0 Å². The summed E-state index contributed by atoms with van der Waals surface area (Å²) >= 11 is 0. The Kier molecular flexibility index (Phi) is 2.23. The molecule has 0 saturated carbocycles. The summed E-state index contributed by atoms with van der Waals surface area (Å²) in [5, 5.41) is 7.65. The van der Waals surface area contributed by atoms with Crippen molar-refractivity contribution in [3.05, 3.63) is 48.9 Å². The second kappa shape index (κ2) is 3.88. The Bertz CT molecular complexity index is 574. The molecule has 0 saturated heterocycles. The average Bonchev–Trinajstić information content (AvgIpc) is 2.99. The molecule has 1 aliphatic rings. The van der Waals surface area contributed by atoms with Crippen LogP contribution in [-0.4, -0.2) is 9.89 Å². The molecule has 5 N–H and O–H groups in total. The van der Waals surface area contributed by atoms with Gasteiger partial charge in [-0.05, 0) is 12.1 Å². The highest BCUT2D eigenvalue weighted by Crippen LogP contribution is 2.20. The van der Waals surface area contributed by atoms with Gasteiger partial charge in [0.1, 0.15) is 0 Å². The fraction of sp³-hybridized carbons (Fsp3) is 0. The van der Waals surface area contributed by atoms with Gasteiger partial charge in [0.25, 0.3) is 0 Å². The highest BCUT2D eigenvalue weighted by molar-refractivity contribution is 5.59. The molecule has 92 valence electrons. The summed E-state index contributed by atoms with van der Waals surface area (Å²) in [7, 11) is 0. The summed E-state index contributed by atoms with van der Waals surface area (Å²) in [6, 6.07) is 9.80. The molecule has 1 aromatic heterocycles. The number of nitrogens with two attached hydrogens (primary N) is 2. The van der Waals surface area contributed by atoms with Gasteiger partial charge in [-0.1, -0.05) is 18.2 Å². The van der Waals surface area contributed by atoms with Crippen LogP contribution >= 0.6 is 0 Å². The van der Waals surface area contributed by atoms with Gasteiger partial charge in [0.05, 0.1) is 23.8 Å². The van der Waals surface area contributed by atoms with Crippen molar-refractivity contribution in [2.45, 2.75) is 0 Å². The van der Waals surface area contributed by atoms with E-state index in [2.05, 4.69) is 10.5 Å². The monoisotopic (exact) mass is 243 g/mol. The van der Waals surface area contributed by atoms with Crippen LogP contribution in [0.1, 0.15) is 0 Å². The fourth-order valence-corrected chi connectivity index (χ4v) is 1.73. The van der Waals surface area contributed by atoms with Crippen molar-refractivity contribution in [3.8, 4) is 0 Å². The molecule has 1 aliphatic heterocycles. The summed E-state index contributed by atoms with van der Waals surface area (Å²) in [4.78, 5) is 1.51. The molecule has 2 aromatic rings. The molecular weight excluding hydrogens is 230 g/mol. The van der Waals surface area contributed by atoms with Crippen LogP contribution in [0.2, 0.25) is 0 Å². The zero-order valence-electron chi connectivity index (χ0n) is 9.56. The van der Waals surface area contributed by atoms with Crippen LogP contribution in [0.3, 0.4) is 0 Å². The Labute approximate surface area is 104 Å². The molecule has 2 heterocycles. The lowest BCUT2D eigenvalue weighted by Crippen LogP contribution is -2.48. The SMILES string of the molecule is Nc1cnn(N2C=CNN2c2ccccc2)c1N. The van der Waals surface area contributed by atoms with Crippen molar-refractivity contribution in [2.24, 2.45) is 0 Å². The van der Waals surface area contributed by atoms with Crippen LogP contribution < -0.4 is 27.1 Å². The highest BCUT2D eigenvalue weighted by Gasteiger charge is 2.21. The number of anilines is 3. The zero-order valence-corrected chi connectivity index (χ0v) is 9.56. The third-order valence-electron chi connectivity index (χ3n) is 2.62. The Morgan fingerprint density at radius 3 is 2.56 bits per heavy atom. The second-order valence-corrected chi connectivity index (χ2v) is 3.79. The molecule has 0 spiro atoms. The first-order valence-electron chi connectivity index (χ1n) is 5.44. The number of para-hydroxylation sites is 1. The number of hydrazine groups is 2. The summed E-state index contributed by atoms with van der Waals surface area (Å²) in [5.74, 6) is 0.393. The summed E-state index contributed by atoms with van der Waals surface area (Å²) in [5.41, 5.74) is 16.0. The molecule has 0 unspecified atom stereocenters. The van der Waals surface area contributed by atoms with Gasteiger partial charge in [0.2, 0.25) is 0 Å². The average molecular weight is 243 g/mol. The van der Waals surface area contributed by atoms with Gasteiger partial charge < -0.3 is 11.5 Å². The van der Waals surface area contributed by atoms with E-state index in [9.17, 15) is 0 Å². The number of benzene rings is 1. The molecular formula is C11H13N7. The Morgan fingerprint density at radius 1 is 1.11 bits per heavy atom. The van der Waals surface area contributed by atoms with Crippen LogP contribution in [-0.2, 0) is 0 Å². The van der Waals surface area contributed by atoms with E-state index < -0.39 is 0 Å². The third kappa shape index (κ3) is 1.49. The van der Waals surface area contributed by atoms with E-state index in [-0.39, 0.29) is 0 Å². The molecule has 3 rings (SSSR count). The second-order valence-electron chi connectivity index (χ2n) is 3.79. The number of nitrogens with one attached hydrogen (secondary N) is 1. The van der Waals surface area contributed by atoms with E-state index in [0.29, 0.717) is 11.5 Å². The number of hydrogen-bond donors (Lipinski definition) is 3. The maximum Gasteiger partial charge on any atom is 0.170 e. The summed E-state index contributed by atoms with van der Waals surface area (Å²) < 4.78 is 0. The number of aromatic nitrogens is 2. The van der Waals surface area contributed by atoms with Crippen LogP contribution in [0.5, 0.6) is 0 Å². The van der Waals surface area contributed by atoms with E-state index in [1.807, 2.05) is 30.3 Å². The van der Waals surface area contributed by atoms with Gasteiger partial charge >= 0.3 is 0 Å². The predicted molar refractivity (Wildman–Crippen MR) is 70.5 cm³/mol. The lowest BCUT2D eigenvalue weighted by atomic mass is 10.3. The first-order valence-corrected chi connectivity index (χ1v) is 5.44. The van der Waals surface area contributed by atoms with E-state index in [4.69, 9.17) is 11.5 Å². The first kappa shape index (κ1) is 10.3. The van der Waals surface area contributed by atoms with Crippen LogP contribution in [0.25, 0.3) is 0 Å². The first-order chi connectivity index (χ1) is 8.77. The van der Waals surface area contributed by atoms with E-state index >= 15 is 0 Å². The van der Waals surface area contributed by atoms with Crippen molar-refractivity contribution in [2.75, 3.05) is 21.7 Å². The van der Waals surface area contributed by atoms with Crippen LogP contribution in [0, 0.1) is 0 Å². The largest absolute Gasteiger partial charge is 0.394 e. The number of hydrogen-bond acceptors (Lipinski definition) is 6. The van der Waals surface area contributed by atoms with Gasteiger partial charge in [-0.25, -0.2) is 0 Å². The molecule has 18 heavy (non-hydrogen) atoms. The maximum atomic E-state index is 5.87. The van der Waals surface area contributed by atoms with Crippen molar-refractivity contribution < 1.29 is 0 Å². The number of rotatable bonds is 2. The third-order valence-corrected chi connectivity index (χ3v) is 2.62. The molecule has 0 radical (unpaired) electrons. The number of nitrogens with zero attached hydrogens (tertiary/aromatic N) is 4. The van der Waals surface area contributed by atoms with Gasteiger partial charge in [-0.3, -0.25) is 5.43 Å². The molecule has 1 aromatic carbocycles. The standard InChI is InChI=1S/C11H13N7/c12-10-8-15-18(11(10)13)16-7-6-14-17(16)9-4-2-1-3-5-9/h1-8,14H,12-13H2. The van der Waals surface area contributed by atoms with E-state index in [1.165, 1.54) is 11.0 Å². The Balaban J connectivity index is 1.97. The Morgan fingerprint density at radius 2 is 1.89 bits per heavy atom. The molecule has 0 amide bonds. The van der Waals surface area contributed by atoms with Gasteiger partial charge in [0.15, 0.2) is 5.82 Å². The van der Waals surface area contributed by atoms with Gasteiger partial charge in [0, 0.05) is 6.20 Å². The topological polar surface area (TPSA) is 88.4 Å². The van der Waals surface area contributed by atoms with Crippen molar-refractivity contribution >= 4 is 17.2 Å². The van der Waals surface area contributed by atoms with Gasteiger partial charge in [-0.15, -0.1) is 4.79 Å². The lowest BCUT2D eigenvalue weighted by Gasteiger charge is -2.29. The maximum absolute atomic E-state index is 5.87. The smallest absolute Gasteiger partial charge is 0.170 e. The summed E-state index contributed by atoms with van der Waals surface area (Å²) in [6.45, 7) is 0. The molecule has 0 fully saturated rings. The fourth-order valence-electron chi connectivity index (χ4n) is 1.73. The summed E-state index contributed by atoms with van der Waals surface area (Å²) in [6.07, 6.45) is 5.10. The normalized spacial score (nSPS) is 14.0. The molecule has 7 nitrogen and oxygen atoms in total. The van der Waals surface area contributed by atoms with Gasteiger partial charge in [-0.2, -0.15) is 15.3 Å². The van der Waals surface area contributed by atoms with E-state index in [1.54, 1.807) is 22.6 Å². The van der Waals surface area contributed by atoms with Crippen LogP contribution in [0.15, 0.2) is 48.9 Å². The van der Waals surface area contributed by atoms with Crippen molar-refractivity contribution in [1.82, 2.24) is 15.3 Å². The molecule has 7 heteroatoms. The Hall–Kier alpha value is -2.83. The molecule has 0 bridgehead atoms. The predicted octanol–water partition coefficient (Wildman–Crippen LogP) is 0.396.